The maximum absolute atomic E-state index is 11.5. The van der Waals surface area contributed by atoms with E-state index in [1.165, 1.54) is 0 Å². The van der Waals surface area contributed by atoms with Crippen LogP contribution in [-0.2, 0) is 19.1 Å². The highest BCUT2D eigenvalue weighted by Gasteiger charge is 2.26. The molecule has 0 saturated carbocycles. The highest BCUT2D eigenvalue weighted by Crippen LogP contribution is 1.95. The van der Waals surface area contributed by atoms with E-state index >= 15 is 0 Å². The third-order valence-electron chi connectivity index (χ3n) is 1.92. The van der Waals surface area contributed by atoms with Crippen LogP contribution in [0.25, 0.3) is 0 Å². The van der Waals surface area contributed by atoms with E-state index in [9.17, 15) is 19.2 Å². The van der Waals surface area contributed by atoms with Crippen molar-refractivity contribution in [2.45, 2.75) is 6.92 Å². The fourth-order valence-electron chi connectivity index (χ4n) is 1.25. The Bertz CT molecular complexity index is 339. The molecule has 0 unspecified atom stereocenters. The number of carbonyl (C=O) groups is 4. The van der Waals surface area contributed by atoms with Crippen molar-refractivity contribution in [3.05, 3.63) is 0 Å². The molecule has 0 aromatic carbocycles. The molecular weight excluding hydrogens is 230 g/mol. The number of piperazine rings is 1. The van der Waals surface area contributed by atoms with Crippen LogP contribution in [0.1, 0.15) is 6.92 Å². The van der Waals surface area contributed by atoms with Gasteiger partial charge in [-0.25, -0.2) is 4.79 Å². The number of ether oxygens (including phenoxy) is 1. The summed E-state index contributed by atoms with van der Waals surface area (Å²) in [5, 5.41) is 4.32. The number of imide groups is 1. The van der Waals surface area contributed by atoms with Crippen LogP contribution >= 0.6 is 0 Å². The van der Waals surface area contributed by atoms with Crippen LogP contribution in [0, 0.1) is 0 Å². The predicted molar refractivity (Wildman–Crippen MR) is 54.8 cm³/mol. The lowest BCUT2D eigenvalue weighted by Gasteiger charge is -2.25. The Hall–Kier alpha value is -2.12. The summed E-state index contributed by atoms with van der Waals surface area (Å²) in [7, 11) is 0. The Morgan fingerprint density at radius 1 is 1.35 bits per heavy atom. The summed E-state index contributed by atoms with van der Waals surface area (Å²) in [5.74, 6) is -1.67. The molecule has 1 aliphatic heterocycles. The average Bonchev–Trinajstić information content (AvgIpc) is 2.25. The monoisotopic (exact) mass is 243 g/mol. The number of amides is 4. The van der Waals surface area contributed by atoms with E-state index < -0.39 is 23.8 Å². The SMILES string of the molecule is CCOC(=O)CNC(=O)N1CC(=O)NC(=O)C1. The van der Waals surface area contributed by atoms with Crippen LogP contribution < -0.4 is 10.6 Å². The van der Waals surface area contributed by atoms with E-state index in [-0.39, 0.29) is 26.2 Å². The third-order valence-corrected chi connectivity index (χ3v) is 1.92. The number of esters is 1. The first-order chi connectivity index (χ1) is 8.02. The van der Waals surface area contributed by atoms with Crippen molar-refractivity contribution in [2.24, 2.45) is 0 Å². The van der Waals surface area contributed by atoms with Crippen LogP contribution in [-0.4, -0.2) is 55.0 Å². The summed E-state index contributed by atoms with van der Waals surface area (Å²) >= 11 is 0. The lowest BCUT2D eigenvalue weighted by atomic mass is 10.3. The highest BCUT2D eigenvalue weighted by atomic mass is 16.5. The molecule has 0 spiro atoms. The summed E-state index contributed by atoms with van der Waals surface area (Å²) in [4.78, 5) is 45.4. The van der Waals surface area contributed by atoms with Crippen molar-refractivity contribution in [1.82, 2.24) is 15.5 Å². The molecule has 2 N–H and O–H groups in total. The van der Waals surface area contributed by atoms with E-state index in [0.717, 1.165) is 4.90 Å². The zero-order valence-corrected chi connectivity index (χ0v) is 9.32. The summed E-state index contributed by atoms with van der Waals surface area (Å²) in [5.41, 5.74) is 0. The third kappa shape index (κ3) is 4.09. The fraction of sp³-hybridized carbons (Fsp3) is 0.556. The topological polar surface area (TPSA) is 105 Å². The Morgan fingerprint density at radius 2 is 1.94 bits per heavy atom. The van der Waals surface area contributed by atoms with Crippen LogP contribution in [0.4, 0.5) is 4.79 Å². The standard InChI is InChI=1S/C9H13N3O5/c1-2-17-8(15)3-10-9(16)12-4-6(13)11-7(14)5-12/h2-5H2,1H3,(H,10,16)(H,11,13,14). The first-order valence-electron chi connectivity index (χ1n) is 5.04. The maximum atomic E-state index is 11.5. The smallest absolute Gasteiger partial charge is 0.325 e. The van der Waals surface area contributed by atoms with Gasteiger partial charge in [-0.3, -0.25) is 19.7 Å². The minimum Gasteiger partial charge on any atom is -0.465 e. The Balaban J connectivity index is 2.39. The Labute approximate surface area is 97.3 Å². The Morgan fingerprint density at radius 3 is 2.47 bits per heavy atom. The fourth-order valence-corrected chi connectivity index (χ4v) is 1.25. The van der Waals surface area contributed by atoms with Gasteiger partial charge in [0, 0.05) is 0 Å². The zero-order chi connectivity index (χ0) is 12.8. The molecule has 1 aliphatic rings. The van der Waals surface area contributed by atoms with Crippen LogP contribution in [0.15, 0.2) is 0 Å². The number of carbonyl (C=O) groups excluding carboxylic acids is 4. The van der Waals surface area contributed by atoms with Gasteiger partial charge in [-0.15, -0.1) is 0 Å². The summed E-state index contributed by atoms with van der Waals surface area (Å²) < 4.78 is 4.60. The number of nitrogens with zero attached hydrogens (tertiary/aromatic N) is 1. The van der Waals surface area contributed by atoms with Gasteiger partial charge in [0.25, 0.3) is 0 Å². The molecule has 0 bridgehead atoms. The zero-order valence-electron chi connectivity index (χ0n) is 9.32. The lowest BCUT2D eigenvalue weighted by molar-refractivity contribution is -0.141. The van der Waals surface area contributed by atoms with E-state index in [0.29, 0.717) is 0 Å². The van der Waals surface area contributed by atoms with E-state index in [1.54, 1.807) is 6.92 Å². The van der Waals surface area contributed by atoms with Crippen molar-refractivity contribution in [3.8, 4) is 0 Å². The van der Waals surface area contributed by atoms with Crippen molar-refractivity contribution < 1.29 is 23.9 Å². The van der Waals surface area contributed by atoms with Crippen LogP contribution in [0.5, 0.6) is 0 Å². The summed E-state index contributed by atoms with van der Waals surface area (Å²) in [6.07, 6.45) is 0. The minimum atomic E-state index is -0.652. The second-order valence-corrected chi connectivity index (χ2v) is 3.29. The van der Waals surface area contributed by atoms with Gasteiger partial charge in [0.2, 0.25) is 11.8 Å². The van der Waals surface area contributed by atoms with E-state index in [1.807, 2.05) is 0 Å². The molecule has 0 radical (unpaired) electrons. The van der Waals surface area contributed by atoms with Gasteiger partial charge < -0.3 is 15.0 Å². The number of hydrogen-bond donors (Lipinski definition) is 2. The molecule has 8 nitrogen and oxygen atoms in total. The van der Waals surface area contributed by atoms with Gasteiger partial charge >= 0.3 is 12.0 Å². The Kier molecular flexibility index (Phi) is 4.44. The molecule has 0 aliphatic carbocycles. The minimum absolute atomic E-state index is 0.208. The number of nitrogens with one attached hydrogen (secondary N) is 2. The summed E-state index contributed by atoms with van der Waals surface area (Å²) in [6.45, 7) is 1.16. The van der Waals surface area contributed by atoms with Gasteiger partial charge in [-0.1, -0.05) is 0 Å². The molecule has 94 valence electrons. The first kappa shape index (κ1) is 12.9. The van der Waals surface area contributed by atoms with Crippen LogP contribution in [0.2, 0.25) is 0 Å². The van der Waals surface area contributed by atoms with Crippen molar-refractivity contribution in [1.29, 1.82) is 0 Å². The number of hydrogen-bond acceptors (Lipinski definition) is 5. The molecule has 0 atom stereocenters. The molecule has 1 fully saturated rings. The molecule has 17 heavy (non-hydrogen) atoms. The quantitative estimate of drug-likeness (QED) is 0.450. The molecule has 1 saturated heterocycles. The van der Waals surface area contributed by atoms with Crippen molar-refractivity contribution in [3.63, 3.8) is 0 Å². The van der Waals surface area contributed by atoms with Crippen molar-refractivity contribution in [2.75, 3.05) is 26.2 Å². The normalized spacial score (nSPS) is 15.2. The van der Waals surface area contributed by atoms with Gasteiger partial charge in [0.1, 0.15) is 19.6 Å². The van der Waals surface area contributed by atoms with Gasteiger partial charge in [-0.05, 0) is 6.92 Å². The molecule has 1 rings (SSSR count). The molecule has 0 aromatic heterocycles. The van der Waals surface area contributed by atoms with E-state index in [2.05, 4.69) is 15.4 Å². The summed E-state index contributed by atoms with van der Waals surface area (Å²) in [6, 6.07) is -0.652. The van der Waals surface area contributed by atoms with Crippen molar-refractivity contribution >= 4 is 23.8 Å². The number of rotatable bonds is 3. The molecule has 4 amide bonds. The number of urea groups is 1. The van der Waals surface area contributed by atoms with E-state index in [4.69, 9.17) is 0 Å². The lowest BCUT2D eigenvalue weighted by Crippen LogP contribution is -2.56. The van der Waals surface area contributed by atoms with Gasteiger partial charge in [0.15, 0.2) is 0 Å². The molecule has 1 heterocycles. The second kappa shape index (κ2) is 5.83. The maximum Gasteiger partial charge on any atom is 0.325 e. The highest BCUT2D eigenvalue weighted by molar-refractivity contribution is 6.02. The molecule has 8 heteroatoms. The first-order valence-corrected chi connectivity index (χ1v) is 5.04. The van der Waals surface area contributed by atoms with Crippen LogP contribution in [0.3, 0.4) is 0 Å². The molecular formula is C9H13N3O5. The predicted octanol–water partition coefficient (Wildman–Crippen LogP) is -1.78. The molecule has 0 aromatic rings. The van der Waals surface area contributed by atoms with Gasteiger partial charge in [0.05, 0.1) is 6.61 Å². The average molecular weight is 243 g/mol. The second-order valence-electron chi connectivity index (χ2n) is 3.29. The van der Waals surface area contributed by atoms with Gasteiger partial charge in [-0.2, -0.15) is 0 Å². The largest absolute Gasteiger partial charge is 0.465 e.